The Morgan fingerprint density at radius 2 is 1.18 bits per heavy atom. The van der Waals surface area contributed by atoms with Crippen LogP contribution in [0.1, 0.15) is 16.7 Å². The maximum absolute atomic E-state index is 4.59. The number of rotatable bonds is 9. The number of nitrogens with one attached hydrogen (secondary N) is 1. The molecule has 0 unspecified atom stereocenters. The van der Waals surface area contributed by atoms with Gasteiger partial charge < -0.3 is 10.2 Å². The molecule has 0 atom stereocenters. The molecular weight excluding hydrogens is 536 g/mol. The zero-order valence-corrected chi connectivity index (χ0v) is 25.4. The standard InChI is InChI=1S/C40H36N4/c1-30-12-10-18-38(28-30)44(36-16-8-5-9-17-36)37-26-22-33(23-27-37)40-31(2)13-11-19-39(40)42-34-24-20-32(21-25-34)29-41-43(3)35-14-6-4-7-15-35/h4-29,42H,1-3H3. The van der Waals surface area contributed by atoms with Gasteiger partial charge in [-0.2, -0.15) is 5.10 Å². The van der Waals surface area contributed by atoms with Crippen molar-refractivity contribution in [3.63, 3.8) is 0 Å². The zero-order valence-electron chi connectivity index (χ0n) is 25.4. The van der Waals surface area contributed by atoms with Crippen molar-refractivity contribution in [3.8, 4) is 11.1 Å². The van der Waals surface area contributed by atoms with Gasteiger partial charge in [-0.05, 0) is 103 Å². The summed E-state index contributed by atoms with van der Waals surface area (Å²) in [5, 5.41) is 10.1. The number of benzene rings is 6. The van der Waals surface area contributed by atoms with Crippen LogP contribution in [0.15, 0.2) is 157 Å². The Morgan fingerprint density at radius 1 is 0.568 bits per heavy atom. The Balaban J connectivity index is 1.24. The summed E-state index contributed by atoms with van der Waals surface area (Å²) in [5.41, 5.74) is 12.4. The highest BCUT2D eigenvalue weighted by molar-refractivity contribution is 5.86. The Bertz CT molecular complexity index is 1850. The molecule has 0 fully saturated rings. The molecule has 0 aliphatic heterocycles. The average Bonchev–Trinajstić information content (AvgIpc) is 3.06. The van der Waals surface area contributed by atoms with Crippen LogP contribution >= 0.6 is 0 Å². The van der Waals surface area contributed by atoms with Crippen molar-refractivity contribution in [2.75, 3.05) is 22.3 Å². The van der Waals surface area contributed by atoms with E-state index in [4.69, 9.17) is 0 Å². The van der Waals surface area contributed by atoms with E-state index in [0.717, 1.165) is 39.7 Å². The van der Waals surface area contributed by atoms with Crippen LogP contribution in [0.2, 0.25) is 0 Å². The number of aryl methyl sites for hydroxylation is 2. The molecule has 1 N–H and O–H groups in total. The van der Waals surface area contributed by atoms with Crippen molar-refractivity contribution < 1.29 is 0 Å². The van der Waals surface area contributed by atoms with Gasteiger partial charge in [-0.25, -0.2) is 0 Å². The van der Waals surface area contributed by atoms with Crippen molar-refractivity contribution in [1.82, 2.24) is 0 Å². The summed E-state index contributed by atoms with van der Waals surface area (Å²) in [6.07, 6.45) is 1.88. The van der Waals surface area contributed by atoms with E-state index in [1.807, 2.05) is 48.6 Å². The van der Waals surface area contributed by atoms with Gasteiger partial charge in [0.1, 0.15) is 0 Å². The Kier molecular flexibility index (Phi) is 8.51. The highest BCUT2D eigenvalue weighted by Crippen LogP contribution is 2.38. The number of hydrazone groups is 1. The lowest BCUT2D eigenvalue weighted by Gasteiger charge is -2.26. The van der Waals surface area contributed by atoms with Gasteiger partial charge in [0.15, 0.2) is 0 Å². The Hall–Kier alpha value is -5.61. The van der Waals surface area contributed by atoms with Crippen LogP contribution in [-0.2, 0) is 0 Å². The van der Waals surface area contributed by atoms with Crippen LogP contribution in [-0.4, -0.2) is 13.3 Å². The summed E-state index contributed by atoms with van der Waals surface area (Å²) in [4.78, 5) is 2.30. The normalized spacial score (nSPS) is 11.0. The number of hydrogen-bond acceptors (Lipinski definition) is 4. The quantitative estimate of drug-likeness (QED) is 0.138. The summed E-state index contributed by atoms with van der Waals surface area (Å²) in [6.45, 7) is 4.30. The number of anilines is 6. The van der Waals surface area contributed by atoms with E-state index in [0.29, 0.717) is 0 Å². The summed E-state index contributed by atoms with van der Waals surface area (Å²) < 4.78 is 0. The first-order chi connectivity index (χ1) is 21.5. The van der Waals surface area contributed by atoms with Crippen molar-refractivity contribution in [3.05, 3.63) is 168 Å². The molecule has 6 aromatic rings. The third-order valence-electron chi connectivity index (χ3n) is 7.66. The van der Waals surface area contributed by atoms with Gasteiger partial charge in [-0.1, -0.05) is 84.9 Å². The maximum Gasteiger partial charge on any atom is 0.0590 e. The van der Waals surface area contributed by atoms with Gasteiger partial charge in [0.2, 0.25) is 0 Å². The van der Waals surface area contributed by atoms with E-state index >= 15 is 0 Å². The van der Waals surface area contributed by atoms with E-state index in [9.17, 15) is 0 Å². The Morgan fingerprint density at radius 3 is 1.86 bits per heavy atom. The molecule has 216 valence electrons. The van der Waals surface area contributed by atoms with Crippen molar-refractivity contribution in [1.29, 1.82) is 0 Å². The second-order valence-electron chi connectivity index (χ2n) is 10.9. The lowest BCUT2D eigenvalue weighted by Crippen LogP contribution is -2.09. The minimum absolute atomic E-state index is 1.02. The van der Waals surface area contributed by atoms with E-state index in [-0.39, 0.29) is 0 Å². The second-order valence-corrected chi connectivity index (χ2v) is 10.9. The maximum atomic E-state index is 4.59. The molecular formula is C40H36N4. The third-order valence-corrected chi connectivity index (χ3v) is 7.66. The van der Waals surface area contributed by atoms with Crippen LogP contribution < -0.4 is 15.2 Å². The molecule has 4 heteroatoms. The molecule has 4 nitrogen and oxygen atoms in total. The predicted molar refractivity (Wildman–Crippen MR) is 188 cm³/mol. The smallest absolute Gasteiger partial charge is 0.0590 e. The first kappa shape index (κ1) is 28.5. The first-order valence-corrected chi connectivity index (χ1v) is 14.9. The minimum atomic E-state index is 1.02. The van der Waals surface area contributed by atoms with Crippen LogP contribution in [0.3, 0.4) is 0 Å². The molecule has 0 spiro atoms. The molecule has 0 aliphatic carbocycles. The van der Waals surface area contributed by atoms with Crippen LogP contribution in [0, 0.1) is 13.8 Å². The van der Waals surface area contributed by atoms with Crippen LogP contribution in [0.5, 0.6) is 0 Å². The number of hydrogen-bond donors (Lipinski definition) is 1. The van der Waals surface area contributed by atoms with Gasteiger partial charge in [-0.15, -0.1) is 0 Å². The predicted octanol–water partition coefficient (Wildman–Crippen LogP) is 10.7. The molecule has 0 aromatic heterocycles. The molecule has 6 aromatic carbocycles. The molecule has 0 aliphatic rings. The topological polar surface area (TPSA) is 30.9 Å². The fourth-order valence-electron chi connectivity index (χ4n) is 5.40. The molecule has 0 saturated carbocycles. The molecule has 6 rings (SSSR count). The zero-order chi connectivity index (χ0) is 30.3. The largest absolute Gasteiger partial charge is 0.355 e. The summed E-state index contributed by atoms with van der Waals surface area (Å²) in [5.74, 6) is 0. The van der Waals surface area contributed by atoms with Crippen molar-refractivity contribution in [2.24, 2.45) is 5.10 Å². The molecule has 0 heterocycles. The summed E-state index contributed by atoms with van der Waals surface area (Å²) in [6, 6.07) is 52.9. The monoisotopic (exact) mass is 572 g/mol. The van der Waals surface area contributed by atoms with Crippen molar-refractivity contribution >= 4 is 40.3 Å². The number of nitrogens with zero attached hydrogens (tertiary/aromatic N) is 3. The first-order valence-electron chi connectivity index (χ1n) is 14.9. The van der Waals surface area contributed by atoms with Gasteiger partial charge in [0.25, 0.3) is 0 Å². The number of para-hydroxylation sites is 2. The molecule has 0 bridgehead atoms. The van der Waals surface area contributed by atoms with Crippen molar-refractivity contribution in [2.45, 2.75) is 13.8 Å². The van der Waals surface area contributed by atoms with E-state index in [1.54, 1.807) is 0 Å². The van der Waals surface area contributed by atoms with Gasteiger partial charge >= 0.3 is 0 Å². The minimum Gasteiger partial charge on any atom is -0.355 e. The molecule has 0 radical (unpaired) electrons. The summed E-state index contributed by atoms with van der Waals surface area (Å²) in [7, 11) is 1.95. The van der Waals surface area contributed by atoms with Gasteiger partial charge in [-0.3, -0.25) is 5.01 Å². The van der Waals surface area contributed by atoms with Crippen LogP contribution in [0.25, 0.3) is 11.1 Å². The fourth-order valence-corrected chi connectivity index (χ4v) is 5.40. The van der Waals surface area contributed by atoms with Gasteiger partial charge in [0, 0.05) is 41.0 Å². The summed E-state index contributed by atoms with van der Waals surface area (Å²) >= 11 is 0. The average molecular weight is 573 g/mol. The molecule has 0 saturated heterocycles. The second kappa shape index (κ2) is 13.1. The van der Waals surface area contributed by atoms with Crippen LogP contribution in [0.4, 0.5) is 34.1 Å². The molecule has 44 heavy (non-hydrogen) atoms. The Labute approximate surface area is 260 Å². The lowest BCUT2D eigenvalue weighted by atomic mass is 9.97. The van der Waals surface area contributed by atoms with Gasteiger partial charge in [0.05, 0.1) is 11.9 Å². The van der Waals surface area contributed by atoms with E-state index in [1.165, 1.54) is 22.3 Å². The SMILES string of the molecule is Cc1cccc(N(c2ccccc2)c2ccc(-c3c(C)cccc3Nc3ccc(C=NN(C)c4ccccc4)cc3)cc2)c1. The third kappa shape index (κ3) is 6.55. The lowest BCUT2D eigenvalue weighted by molar-refractivity contribution is 1.02. The van der Waals surface area contributed by atoms with E-state index in [2.05, 4.69) is 150 Å². The highest BCUT2D eigenvalue weighted by atomic mass is 15.4. The fraction of sp³-hybridized carbons (Fsp3) is 0.0750. The highest BCUT2D eigenvalue weighted by Gasteiger charge is 2.14. The molecule has 0 amide bonds. The van der Waals surface area contributed by atoms with E-state index < -0.39 is 0 Å².